The molecule has 162 valence electrons. The summed E-state index contributed by atoms with van der Waals surface area (Å²) in [5.74, 6) is 0.308. The van der Waals surface area contributed by atoms with Crippen molar-refractivity contribution in [2.24, 2.45) is 5.92 Å². The van der Waals surface area contributed by atoms with Gasteiger partial charge in [0.15, 0.2) is 0 Å². The summed E-state index contributed by atoms with van der Waals surface area (Å²) in [6.45, 7) is 0. The van der Waals surface area contributed by atoms with Gasteiger partial charge in [0.25, 0.3) is 0 Å². The molecule has 5 atom stereocenters. The fourth-order valence-electron chi connectivity index (χ4n) is 5.48. The standard InChI is InChI=1S/C28H28N2O2/c1-4-10-21(11-5-1)16-18-25-28-26-20-24(31-30(26)23-14-8-3-9-15-23)17-19-27(28)32-29(25)22-12-6-2-7-13-22/h1-16,18,24-28H,17,19-20H2/b18-16+/t24-,25+,26-,27-,28-/m1/s1. The van der Waals surface area contributed by atoms with Gasteiger partial charge in [-0.25, -0.2) is 5.06 Å². The summed E-state index contributed by atoms with van der Waals surface area (Å²) >= 11 is 0. The largest absolute Gasteiger partial charge is 0.270 e. The molecule has 0 N–H and O–H groups in total. The lowest BCUT2D eigenvalue weighted by Crippen LogP contribution is -2.44. The first-order valence-corrected chi connectivity index (χ1v) is 11.6. The lowest BCUT2D eigenvalue weighted by Gasteiger charge is -2.34. The molecule has 2 aliphatic heterocycles. The maximum atomic E-state index is 6.67. The Morgan fingerprint density at radius 2 is 1.31 bits per heavy atom. The van der Waals surface area contributed by atoms with Crippen LogP contribution in [0, 0.1) is 5.92 Å². The van der Waals surface area contributed by atoms with Gasteiger partial charge in [0.2, 0.25) is 0 Å². The number of rotatable bonds is 4. The molecule has 0 amide bonds. The third kappa shape index (κ3) is 3.60. The van der Waals surface area contributed by atoms with Gasteiger partial charge >= 0.3 is 0 Å². The van der Waals surface area contributed by atoms with Gasteiger partial charge in [0.1, 0.15) is 0 Å². The number of hydrogen-bond donors (Lipinski definition) is 0. The molecular weight excluding hydrogens is 396 g/mol. The Morgan fingerprint density at radius 3 is 2.00 bits per heavy atom. The summed E-state index contributed by atoms with van der Waals surface area (Å²) in [5, 5.41) is 4.30. The predicted octanol–water partition coefficient (Wildman–Crippen LogP) is 5.88. The Hall–Kier alpha value is -3.08. The fraction of sp³-hybridized carbons (Fsp3) is 0.286. The molecule has 3 aromatic carbocycles. The van der Waals surface area contributed by atoms with Crippen LogP contribution in [0.1, 0.15) is 24.8 Å². The third-order valence-corrected chi connectivity index (χ3v) is 6.94. The average molecular weight is 425 g/mol. The van der Waals surface area contributed by atoms with Crippen molar-refractivity contribution >= 4 is 17.5 Å². The van der Waals surface area contributed by atoms with E-state index >= 15 is 0 Å². The lowest BCUT2D eigenvalue weighted by molar-refractivity contribution is 0.0170. The summed E-state index contributed by atoms with van der Waals surface area (Å²) in [4.78, 5) is 13.1. The first-order valence-electron chi connectivity index (χ1n) is 11.6. The Labute approximate surface area is 189 Å². The molecule has 2 saturated heterocycles. The third-order valence-electron chi connectivity index (χ3n) is 6.94. The number of hydroxylamine groups is 2. The molecule has 3 fully saturated rings. The summed E-state index contributed by atoms with van der Waals surface area (Å²) in [6, 6.07) is 31.9. The minimum Gasteiger partial charge on any atom is -0.270 e. The number of nitrogens with zero attached hydrogens (tertiary/aromatic N) is 2. The molecule has 3 aliphatic rings. The van der Waals surface area contributed by atoms with Crippen LogP contribution >= 0.6 is 0 Å². The molecule has 6 rings (SSSR count). The Balaban J connectivity index is 1.39. The van der Waals surface area contributed by atoms with Crippen molar-refractivity contribution < 1.29 is 9.68 Å². The molecule has 0 spiro atoms. The normalized spacial score (nSPS) is 29.3. The van der Waals surface area contributed by atoms with Crippen LogP contribution < -0.4 is 10.1 Å². The van der Waals surface area contributed by atoms with Gasteiger partial charge < -0.3 is 0 Å². The molecule has 4 heteroatoms. The average Bonchev–Trinajstić information content (AvgIpc) is 3.38. The molecule has 0 aromatic heterocycles. The Kier molecular flexibility index (Phi) is 5.18. The lowest BCUT2D eigenvalue weighted by atomic mass is 9.85. The zero-order valence-electron chi connectivity index (χ0n) is 18.0. The molecule has 2 heterocycles. The van der Waals surface area contributed by atoms with E-state index in [1.54, 1.807) is 0 Å². The van der Waals surface area contributed by atoms with Gasteiger partial charge in [-0.05, 0) is 49.1 Å². The maximum absolute atomic E-state index is 6.67. The second-order valence-corrected chi connectivity index (χ2v) is 8.91. The summed E-state index contributed by atoms with van der Waals surface area (Å²) in [5.41, 5.74) is 3.44. The molecule has 2 bridgehead atoms. The van der Waals surface area contributed by atoms with E-state index in [-0.39, 0.29) is 24.3 Å². The van der Waals surface area contributed by atoms with Crippen molar-refractivity contribution in [2.45, 2.75) is 43.6 Å². The second-order valence-electron chi connectivity index (χ2n) is 8.91. The number of hydrogen-bond acceptors (Lipinski definition) is 4. The van der Waals surface area contributed by atoms with Crippen LogP contribution in [0.2, 0.25) is 0 Å². The van der Waals surface area contributed by atoms with Gasteiger partial charge in [-0.2, -0.15) is 0 Å². The summed E-state index contributed by atoms with van der Waals surface area (Å²) in [6.07, 6.45) is 8.08. The first kappa shape index (κ1) is 19.6. The minimum absolute atomic E-state index is 0.124. The van der Waals surface area contributed by atoms with E-state index in [4.69, 9.17) is 9.68 Å². The van der Waals surface area contributed by atoms with E-state index in [2.05, 4.69) is 113 Å². The molecule has 4 nitrogen and oxygen atoms in total. The number of para-hydroxylation sites is 2. The molecular formula is C28H28N2O2. The van der Waals surface area contributed by atoms with Crippen LogP contribution in [0.4, 0.5) is 11.4 Å². The van der Waals surface area contributed by atoms with Crippen LogP contribution in [0.5, 0.6) is 0 Å². The van der Waals surface area contributed by atoms with Gasteiger partial charge in [-0.1, -0.05) is 78.9 Å². The van der Waals surface area contributed by atoms with Gasteiger partial charge in [0.05, 0.1) is 35.7 Å². The van der Waals surface area contributed by atoms with E-state index in [1.807, 2.05) is 0 Å². The van der Waals surface area contributed by atoms with E-state index in [0.717, 1.165) is 30.6 Å². The van der Waals surface area contributed by atoms with Crippen LogP contribution in [-0.2, 0) is 9.68 Å². The highest BCUT2D eigenvalue weighted by atomic mass is 16.7. The van der Waals surface area contributed by atoms with Crippen molar-refractivity contribution in [3.63, 3.8) is 0 Å². The van der Waals surface area contributed by atoms with Gasteiger partial charge in [0, 0.05) is 5.92 Å². The number of benzene rings is 3. The van der Waals surface area contributed by atoms with Crippen molar-refractivity contribution in [3.8, 4) is 0 Å². The maximum Gasteiger partial charge on any atom is 0.0930 e. The van der Waals surface area contributed by atoms with Crippen molar-refractivity contribution in [2.75, 3.05) is 10.1 Å². The van der Waals surface area contributed by atoms with Crippen molar-refractivity contribution in [1.82, 2.24) is 0 Å². The van der Waals surface area contributed by atoms with Crippen LogP contribution in [0.3, 0.4) is 0 Å². The first-order chi connectivity index (χ1) is 15.9. The SMILES string of the molecule is C(=C\[C@H]1[C@@H]2[C@H]3C[C@@H](CC[C@H]2ON1c1ccccc1)ON3c1ccccc1)/c1ccccc1. The number of fused-ring (bicyclic) bond motifs is 4. The van der Waals surface area contributed by atoms with Crippen LogP contribution in [0.25, 0.3) is 6.08 Å². The zero-order valence-corrected chi connectivity index (χ0v) is 18.0. The fourth-order valence-corrected chi connectivity index (χ4v) is 5.48. The molecule has 3 aromatic rings. The summed E-state index contributed by atoms with van der Waals surface area (Å²) in [7, 11) is 0. The second kappa shape index (κ2) is 8.45. The molecule has 0 radical (unpaired) electrons. The van der Waals surface area contributed by atoms with Gasteiger partial charge in [-0.15, -0.1) is 0 Å². The molecule has 1 aliphatic carbocycles. The molecule has 1 saturated carbocycles. The highest BCUT2D eigenvalue weighted by Gasteiger charge is 2.53. The molecule has 32 heavy (non-hydrogen) atoms. The van der Waals surface area contributed by atoms with Crippen molar-refractivity contribution in [1.29, 1.82) is 0 Å². The predicted molar refractivity (Wildman–Crippen MR) is 128 cm³/mol. The molecule has 0 unspecified atom stereocenters. The van der Waals surface area contributed by atoms with Crippen LogP contribution in [0.15, 0.2) is 97.1 Å². The quantitative estimate of drug-likeness (QED) is 0.522. The topological polar surface area (TPSA) is 24.9 Å². The smallest absolute Gasteiger partial charge is 0.0930 e. The van der Waals surface area contributed by atoms with Crippen molar-refractivity contribution in [3.05, 3.63) is 103 Å². The highest BCUT2D eigenvalue weighted by Crippen LogP contribution is 2.46. The van der Waals surface area contributed by atoms with E-state index in [0.29, 0.717) is 5.92 Å². The summed E-state index contributed by atoms with van der Waals surface area (Å²) < 4.78 is 0. The minimum atomic E-state index is 0.124. The number of anilines is 2. The van der Waals surface area contributed by atoms with Crippen LogP contribution in [-0.4, -0.2) is 24.3 Å². The van der Waals surface area contributed by atoms with E-state index in [1.165, 1.54) is 5.56 Å². The monoisotopic (exact) mass is 424 g/mol. The van der Waals surface area contributed by atoms with E-state index in [9.17, 15) is 0 Å². The highest BCUT2D eigenvalue weighted by molar-refractivity contribution is 5.55. The Morgan fingerprint density at radius 1 is 0.688 bits per heavy atom. The Bertz CT molecular complexity index is 1060. The van der Waals surface area contributed by atoms with Gasteiger partial charge in [-0.3, -0.25) is 14.7 Å². The van der Waals surface area contributed by atoms with E-state index < -0.39 is 0 Å². The zero-order chi connectivity index (χ0) is 21.3.